The molecule has 4 aliphatic rings. The maximum absolute atomic E-state index is 11.2. The molecule has 3 N–H and O–H groups in total. The molecule has 4 rings (SSSR count). The quantitative estimate of drug-likeness (QED) is 0.813. The highest BCUT2D eigenvalue weighted by Crippen LogP contribution is 2.70. The van der Waals surface area contributed by atoms with Gasteiger partial charge < -0.3 is 10.8 Å². The summed E-state index contributed by atoms with van der Waals surface area (Å²) >= 11 is 0. The molecule has 3 nitrogen and oxygen atoms in total. The fourth-order valence-corrected chi connectivity index (χ4v) is 6.55. The van der Waals surface area contributed by atoms with Crippen molar-refractivity contribution in [3.8, 4) is 0 Å². The monoisotopic (exact) mass is 273 g/mol. The number of carboxylic acids is 1. The van der Waals surface area contributed by atoms with Crippen molar-refractivity contribution in [3.05, 3.63) is 0 Å². The molecule has 0 aliphatic heterocycles. The fraction of sp³-hybridized carbons (Fsp3) is 0.929. The lowest BCUT2D eigenvalue weighted by Crippen LogP contribution is -2.66. The number of rotatable bonds is 2. The van der Waals surface area contributed by atoms with Crippen LogP contribution in [0.5, 0.6) is 0 Å². The molecule has 0 aromatic carbocycles. The zero-order chi connectivity index (χ0) is 12.5. The van der Waals surface area contributed by atoms with E-state index in [1.165, 1.54) is 6.42 Å². The number of aliphatic carboxylic acids is 1. The topological polar surface area (TPSA) is 63.3 Å². The largest absolute Gasteiger partial charge is 0.481 e. The van der Waals surface area contributed by atoms with E-state index in [2.05, 4.69) is 13.8 Å². The molecule has 4 aliphatic carbocycles. The van der Waals surface area contributed by atoms with Crippen LogP contribution in [0, 0.1) is 16.2 Å². The molecule has 0 saturated heterocycles. The van der Waals surface area contributed by atoms with Gasteiger partial charge in [-0.15, -0.1) is 12.4 Å². The molecule has 4 fully saturated rings. The predicted molar refractivity (Wildman–Crippen MR) is 72.8 cm³/mol. The number of carboxylic acid groups (broad SMARTS) is 1. The van der Waals surface area contributed by atoms with E-state index in [0.29, 0.717) is 6.42 Å². The number of hydrogen-bond donors (Lipinski definition) is 2. The van der Waals surface area contributed by atoms with Crippen LogP contribution in [0.15, 0.2) is 0 Å². The molecule has 4 saturated carbocycles. The zero-order valence-corrected chi connectivity index (χ0v) is 12.1. The number of halogens is 1. The van der Waals surface area contributed by atoms with Gasteiger partial charge in [-0.2, -0.15) is 0 Å². The van der Waals surface area contributed by atoms with Gasteiger partial charge in [0.25, 0.3) is 0 Å². The molecular formula is C14H24ClNO2. The van der Waals surface area contributed by atoms with E-state index in [9.17, 15) is 9.90 Å². The van der Waals surface area contributed by atoms with Crippen molar-refractivity contribution in [1.82, 2.24) is 0 Å². The van der Waals surface area contributed by atoms with E-state index < -0.39 is 5.97 Å². The lowest BCUT2D eigenvalue weighted by atomic mass is 9.38. The molecule has 4 bridgehead atoms. The molecule has 2 unspecified atom stereocenters. The first kappa shape index (κ1) is 14.1. The first-order valence-electron chi connectivity index (χ1n) is 6.67. The van der Waals surface area contributed by atoms with Crippen LogP contribution in [0.3, 0.4) is 0 Å². The Bertz CT molecular complexity index is 342. The van der Waals surface area contributed by atoms with Crippen LogP contribution in [0.4, 0.5) is 0 Å². The lowest BCUT2D eigenvalue weighted by molar-refractivity contribution is -0.170. The Kier molecular flexibility index (Phi) is 2.85. The van der Waals surface area contributed by atoms with Crippen LogP contribution in [0.2, 0.25) is 0 Å². The summed E-state index contributed by atoms with van der Waals surface area (Å²) < 4.78 is 0. The summed E-state index contributed by atoms with van der Waals surface area (Å²) in [4.78, 5) is 11.2. The molecule has 0 aromatic heterocycles. The van der Waals surface area contributed by atoms with E-state index in [0.717, 1.165) is 32.1 Å². The van der Waals surface area contributed by atoms with Crippen molar-refractivity contribution in [2.75, 3.05) is 0 Å². The third kappa shape index (κ3) is 2.05. The van der Waals surface area contributed by atoms with Gasteiger partial charge in [0, 0.05) is 5.54 Å². The average molecular weight is 274 g/mol. The van der Waals surface area contributed by atoms with E-state index in [1.807, 2.05) is 0 Å². The van der Waals surface area contributed by atoms with E-state index in [4.69, 9.17) is 5.73 Å². The normalized spacial score (nSPS) is 53.1. The molecule has 0 amide bonds. The molecule has 104 valence electrons. The Morgan fingerprint density at radius 3 is 1.94 bits per heavy atom. The van der Waals surface area contributed by atoms with Gasteiger partial charge in [0.15, 0.2) is 0 Å². The van der Waals surface area contributed by atoms with E-state index in [1.54, 1.807) is 0 Å². The smallest absolute Gasteiger partial charge is 0.303 e. The number of carbonyl (C=O) groups is 1. The predicted octanol–water partition coefficient (Wildman–Crippen LogP) is 2.96. The van der Waals surface area contributed by atoms with Gasteiger partial charge in [-0.05, 0) is 54.8 Å². The Hall–Kier alpha value is -0.280. The zero-order valence-electron chi connectivity index (χ0n) is 11.3. The first-order chi connectivity index (χ1) is 7.66. The van der Waals surface area contributed by atoms with Crippen molar-refractivity contribution in [3.63, 3.8) is 0 Å². The second-order valence-corrected chi connectivity index (χ2v) is 8.11. The minimum absolute atomic E-state index is 0. The minimum atomic E-state index is -0.650. The van der Waals surface area contributed by atoms with Crippen molar-refractivity contribution in [2.24, 2.45) is 22.0 Å². The van der Waals surface area contributed by atoms with Crippen molar-refractivity contribution >= 4 is 18.4 Å². The summed E-state index contributed by atoms with van der Waals surface area (Å²) in [5.41, 5.74) is 7.03. The van der Waals surface area contributed by atoms with Crippen LogP contribution in [0.25, 0.3) is 0 Å². The highest BCUT2D eigenvalue weighted by Gasteiger charge is 2.64. The second-order valence-electron chi connectivity index (χ2n) is 8.11. The van der Waals surface area contributed by atoms with Crippen molar-refractivity contribution in [2.45, 2.75) is 64.3 Å². The van der Waals surface area contributed by atoms with E-state index in [-0.39, 0.29) is 34.2 Å². The third-order valence-corrected chi connectivity index (χ3v) is 5.27. The molecule has 0 spiro atoms. The van der Waals surface area contributed by atoms with Crippen LogP contribution in [-0.2, 0) is 4.79 Å². The Balaban J connectivity index is 0.00000120. The van der Waals surface area contributed by atoms with Crippen LogP contribution >= 0.6 is 12.4 Å². The van der Waals surface area contributed by atoms with Gasteiger partial charge in [0.2, 0.25) is 0 Å². The van der Waals surface area contributed by atoms with Gasteiger partial charge in [0.1, 0.15) is 0 Å². The highest BCUT2D eigenvalue weighted by atomic mass is 35.5. The summed E-state index contributed by atoms with van der Waals surface area (Å²) in [6.45, 7) is 4.64. The molecule has 4 heteroatoms. The van der Waals surface area contributed by atoms with Gasteiger partial charge in [-0.3, -0.25) is 4.79 Å². The maximum atomic E-state index is 11.2. The third-order valence-electron chi connectivity index (χ3n) is 5.27. The molecule has 2 atom stereocenters. The summed E-state index contributed by atoms with van der Waals surface area (Å²) in [5.74, 6) is -0.650. The fourth-order valence-electron chi connectivity index (χ4n) is 6.55. The standard InChI is InChI=1S/C14H23NO2.ClH/c1-11-4-12(2)6-13(5-11,3-10(16)17)9-14(15,7-11)8-12;/h3-9,15H2,1-2H3,(H,16,17);1H. The summed E-state index contributed by atoms with van der Waals surface area (Å²) in [6.07, 6.45) is 6.81. The number of nitrogens with two attached hydrogens (primary N) is 1. The van der Waals surface area contributed by atoms with Crippen LogP contribution in [-0.4, -0.2) is 16.6 Å². The molecular weight excluding hydrogens is 250 g/mol. The molecule has 0 heterocycles. The van der Waals surface area contributed by atoms with Crippen LogP contribution in [0.1, 0.15) is 58.8 Å². The van der Waals surface area contributed by atoms with Gasteiger partial charge in [0.05, 0.1) is 6.42 Å². The summed E-state index contributed by atoms with van der Waals surface area (Å²) in [5, 5.41) is 9.18. The Labute approximate surface area is 115 Å². The van der Waals surface area contributed by atoms with Crippen molar-refractivity contribution < 1.29 is 9.90 Å². The molecule has 18 heavy (non-hydrogen) atoms. The molecule has 0 radical (unpaired) electrons. The summed E-state index contributed by atoms with van der Waals surface area (Å²) in [6, 6.07) is 0. The Morgan fingerprint density at radius 2 is 1.56 bits per heavy atom. The summed E-state index contributed by atoms with van der Waals surface area (Å²) in [7, 11) is 0. The highest BCUT2D eigenvalue weighted by molar-refractivity contribution is 5.85. The molecule has 0 aromatic rings. The second kappa shape index (κ2) is 3.63. The van der Waals surface area contributed by atoms with Crippen LogP contribution < -0.4 is 5.73 Å². The maximum Gasteiger partial charge on any atom is 0.303 e. The van der Waals surface area contributed by atoms with Crippen molar-refractivity contribution in [1.29, 1.82) is 0 Å². The van der Waals surface area contributed by atoms with Gasteiger partial charge in [-0.25, -0.2) is 0 Å². The van der Waals surface area contributed by atoms with Gasteiger partial charge >= 0.3 is 5.97 Å². The van der Waals surface area contributed by atoms with Gasteiger partial charge in [-0.1, -0.05) is 13.8 Å². The SMILES string of the molecule is CC12CC3(C)CC(N)(C1)CC(CC(=O)O)(C2)C3.Cl. The van der Waals surface area contributed by atoms with E-state index >= 15 is 0 Å². The first-order valence-corrected chi connectivity index (χ1v) is 6.67. The lowest BCUT2D eigenvalue weighted by Gasteiger charge is -2.68. The Morgan fingerprint density at radius 1 is 1.06 bits per heavy atom. The number of hydrogen-bond acceptors (Lipinski definition) is 2. The average Bonchev–Trinajstić information content (AvgIpc) is 1.87. The minimum Gasteiger partial charge on any atom is -0.481 e.